The van der Waals surface area contributed by atoms with E-state index in [1.54, 1.807) is 17.5 Å². The Balaban J connectivity index is 1.66. The lowest BCUT2D eigenvalue weighted by molar-refractivity contribution is 0.839. The molecule has 3 heterocycles. The molecule has 0 aliphatic heterocycles. The zero-order chi connectivity index (χ0) is 14.5. The van der Waals surface area contributed by atoms with Gasteiger partial charge < -0.3 is 4.90 Å². The number of hydrogen-bond donors (Lipinski definition) is 0. The van der Waals surface area contributed by atoms with Crippen molar-refractivity contribution >= 4 is 16.5 Å². The molecule has 5 nitrogen and oxygen atoms in total. The van der Waals surface area contributed by atoms with Gasteiger partial charge in [-0.3, -0.25) is 9.97 Å². The molecule has 0 N–H and O–H groups in total. The first kappa shape index (κ1) is 13.6. The highest BCUT2D eigenvalue weighted by Gasteiger charge is 2.11. The van der Waals surface area contributed by atoms with Gasteiger partial charge in [-0.15, -0.1) is 10.2 Å². The molecule has 0 aliphatic carbocycles. The van der Waals surface area contributed by atoms with E-state index in [9.17, 15) is 0 Å². The van der Waals surface area contributed by atoms with Crippen molar-refractivity contribution in [1.29, 1.82) is 0 Å². The molecular formula is C15H15N5S. The smallest absolute Gasteiger partial charge is 0.208 e. The van der Waals surface area contributed by atoms with Crippen molar-refractivity contribution in [2.75, 3.05) is 18.5 Å². The summed E-state index contributed by atoms with van der Waals surface area (Å²) in [4.78, 5) is 10.7. The fourth-order valence-electron chi connectivity index (χ4n) is 1.89. The Kier molecular flexibility index (Phi) is 4.16. The summed E-state index contributed by atoms with van der Waals surface area (Å²) in [6, 6.07) is 11.8. The number of anilines is 1. The van der Waals surface area contributed by atoms with E-state index in [4.69, 9.17) is 0 Å². The van der Waals surface area contributed by atoms with Gasteiger partial charge >= 0.3 is 0 Å². The maximum absolute atomic E-state index is 4.33. The standard InChI is InChI=1S/C15H15N5S/c1-20(11-8-12-6-2-4-9-16-12)15-19-18-14(21-15)13-7-3-5-10-17-13/h2-7,9-10H,8,11H2,1H3. The molecule has 0 unspecified atom stereocenters. The van der Waals surface area contributed by atoms with Crippen LogP contribution in [-0.2, 0) is 6.42 Å². The zero-order valence-electron chi connectivity index (χ0n) is 11.7. The van der Waals surface area contributed by atoms with E-state index < -0.39 is 0 Å². The minimum atomic E-state index is 0.843. The predicted molar refractivity (Wildman–Crippen MR) is 84.4 cm³/mol. The van der Waals surface area contributed by atoms with Gasteiger partial charge in [0.1, 0.15) is 5.69 Å². The van der Waals surface area contributed by atoms with Crippen LogP contribution in [0.2, 0.25) is 0 Å². The number of pyridine rings is 2. The quantitative estimate of drug-likeness (QED) is 0.724. The predicted octanol–water partition coefficient (Wildman–Crippen LogP) is 2.67. The van der Waals surface area contributed by atoms with Crippen LogP contribution in [-0.4, -0.2) is 33.8 Å². The van der Waals surface area contributed by atoms with Gasteiger partial charge in [-0.05, 0) is 24.3 Å². The topological polar surface area (TPSA) is 54.8 Å². The van der Waals surface area contributed by atoms with Gasteiger partial charge in [0.05, 0.1) is 0 Å². The Morgan fingerprint density at radius 3 is 2.52 bits per heavy atom. The zero-order valence-corrected chi connectivity index (χ0v) is 12.5. The number of rotatable bonds is 5. The van der Waals surface area contributed by atoms with Crippen LogP contribution in [0.4, 0.5) is 5.13 Å². The molecule has 3 rings (SSSR count). The van der Waals surface area contributed by atoms with Crippen molar-refractivity contribution in [2.45, 2.75) is 6.42 Å². The largest absolute Gasteiger partial charge is 0.349 e. The number of likely N-dealkylation sites (N-methyl/N-ethyl adjacent to an activating group) is 1. The van der Waals surface area contributed by atoms with E-state index in [2.05, 4.69) is 25.1 Å². The summed E-state index contributed by atoms with van der Waals surface area (Å²) >= 11 is 1.55. The molecule has 0 amide bonds. The van der Waals surface area contributed by atoms with E-state index in [-0.39, 0.29) is 0 Å². The second-order valence-electron chi connectivity index (χ2n) is 4.60. The molecule has 0 saturated heterocycles. The van der Waals surface area contributed by atoms with Gasteiger partial charge in [-0.25, -0.2) is 0 Å². The Morgan fingerprint density at radius 1 is 1.00 bits per heavy atom. The third-order valence-electron chi connectivity index (χ3n) is 3.05. The summed E-state index contributed by atoms with van der Waals surface area (Å²) < 4.78 is 0. The molecule has 0 aromatic carbocycles. The lowest BCUT2D eigenvalue weighted by atomic mass is 10.2. The Labute approximate surface area is 127 Å². The van der Waals surface area contributed by atoms with Crippen molar-refractivity contribution in [2.24, 2.45) is 0 Å². The van der Waals surface area contributed by atoms with Crippen LogP contribution >= 0.6 is 11.3 Å². The Hall–Kier alpha value is -2.34. The van der Waals surface area contributed by atoms with E-state index in [0.29, 0.717) is 0 Å². The van der Waals surface area contributed by atoms with Gasteiger partial charge in [-0.1, -0.05) is 23.5 Å². The minimum Gasteiger partial charge on any atom is -0.349 e. The maximum atomic E-state index is 4.33. The molecule has 106 valence electrons. The van der Waals surface area contributed by atoms with Crippen LogP contribution in [0.3, 0.4) is 0 Å². The van der Waals surface area contributed by atoms with Crippen molar-refractivity contribution < 1.29 is 0 Å². The van der Waals surface area contributed by atoms with E-state index in [1.807, 2.05) is 49.6 Å². The van der Waals surface area contributed by atoms with Crippen molar-refractivity contribution in [3.63, 3.8) is 0 Å². The molecule has 0 aliphatic rings. The summed E-state index contributed by atoms with van der Waals surface area (Å²) in [6.45, 7) is 0.855. The molecule has 0 spiro atoms. The Bertz CT molecular complexity index is 684. The van der Waals surface area contributed by atoms with Crippen LogP contribution < -0.4 is 4.90 Å². The van der Waals surface area contributed by atoms with Gasteiger partial charge in [0.25, 0.3) is 0 Å². The van der Waals surface area contributed by atoms with Crippen LogP contribution in [0, 0.1) is 0 Å². The first-order valence-corrected chi connectivity index (χ1v) is 7.50. The highest BCUT2D eigenvalue weighted by molar-refractivity contribution is 7.18. The van der Waals surface area contributed by atoms with E-state index in [1.165, 1.54) is 0 Å². The highest BCUT2D eigenvalue weighted by atomic mass is 32.1. The fraction of sp³-hybridized carbons (Fsp3) is 0.200. The first-order valence-electron chi connectivity index (χ1n) is 6.69. The Morgan fingerprint density at radius 2 is 1.81 bits per heavy atom. The third kappa shape index (κ3) is 3.41. The average molecular weight is 297 g/mol. The van der Waals surface area contributed by atoms with E-state index >= 15 is 0 Å². The van der Waals surface area contributed by atoms with Gasteiger partial charge in [0, 0.05) is 38.1 Å². The lowest BCUT2D eigenvalue weighted by Crippen LogP contribution is -2.20. The molecule has 3 aromatic rings. The second-order valence-corrected chi connectivity index (χ2v) is 5.55. The lowest BCUT2D eigenvalue weighted by Gasteiger charge is -2.14. The number of hydrogen-bond acceptors (Lipinski definition) is 6. The summed E-state index contributed by atoms with van der Waals surface area (Å²) in [5.41, 5.74) is 1.94. The maximum Gasteiger partial charge on any atom is 0.208 e. The minimum absolute atomic E-state index is 0.843. The van der Waals surface area contributed by atoms with Gasteiger partial charge in [-0.2, -0.15) is 0 Å². The molecule has 0 radical (unpaired) electrons. The van der Waals surface area contributed by atoms with E-state index in [0.717, 1.165) is 34.5 Å². The summed E-state index contributed by atoms with van der Waals surface area (Å²) in [5, 5.41) is 10.2. The molecule has 21 heavy (non-hydrogen) atoms. The summed E-state index contributed by atoms with van der Waals surface area (Å²) in [6.07, 6.45) is 4.47. The van der Waals surface area contributed by atoms with Crippen molar-refractivity contribution in [1.82, 2.24) is 20.2 Å². The van der Waals surface area contributed by atoms with Crippen LogP contribution in [0.5, 0.6) is 0 Å². The van der Waals surface area contributed by atoms with Gasteiger partial charge in [0.15, 0.2) is 5.01 Å². The van der Waals surface area contributed by atoms with Crippen molar-refractivity contribution in [3.8, 4) is 10.7 Å². The molecular weight excluding hydrogens is 282 g/mol. The second kappa shape index (κ2) is 6.41. The van der Waals surface area contributed by atoms with Crippen LogP contribution in [0.1, 0.15) is 5.69 Å². The molecule has 6 heteroatoms. The summed E-state index contributed by atoms with van der Waals surface area (Å²) in [5.74, 6) is 0. The molecule has 0 bridgehead atoms. The molecule has 0 fully saturated rings. The SMILES string of the molecule is CN(CCc1ccccn1)c1nnc(-c2ccccn2)s1. The number of aromatic nitrogens is 4. The molecule has 0 atom stereocenters. The van der Waals surface area contributed by atoms with Crippen LogP contribution in [0.25, 0.3) is 10.7 Å². The monoisotopic (exact) mass is 297 g/mol. The number of nitrogens with zero attached hydrogens (tertiary/aromatic N) is 5. The fourth-order valence-corrected chi connectivity index (χ4v) is 2.70. The molecule has 0 saturated carbocycles. The highest BCUT2D eigenvalue weighted by Crippen LogP contribution is 2.26. The normalized spacial score (nSPS) is 10.5. The first-order chi connectivity index (χ1) is 10.3. The summed E-state index contributed by atoms with van der Waals surface area (Å²) in [7, 11) is 2.02. The third-order valence-corrected chi connectivity index (χ3v) is 4.11. The van der Waals surface area contributed by atoms with Crippen LogP contribution in [0.15, 0.2) is 48.8 Å². The van der Waals surface area contributed by atoms with Gasteiger partial charge in [0.2, 0.25) is 5.13 Å². The molecule has 3 aromatic heterocycles. The van der Waals surface area contributed by atoms with Crippen molar-refractivity contribution in [3.05, 3.63) is 54.5 Å². The average Bonchev–Trinajstić information content (AvgIpc) is 3.04.